The van der Waals surface area contributed by atoms with E-state index in [9.17, 15) is 4.39 Å². The molecule has 0 bridgehead atoms. The maximum atomic E-state index is 13.6. The summed E-state index contributed by atoms with van der Waals surface area (Å²) in [5.41, 5.74) is 3.92. The molecule has 4 heterocycles. The molecule has 1 aliphatic rings. The highest BCUT2D eigenvalue weighted by Crippen LogP contribution is 2.36. The molecule has 0 radical (unpaired) electrons. The molecule has 11 heteroatoms. The third-order valence-electron chi connectivity index (χ3n) is 6.24. The van der Waals surface area contributed by atoms with Crippen LogP contribution in [0.4, 0.5) is 4.39 Å². The molecule has 0 fully saturated rings. The number of hydrogen-bond donors (Lipinski definition) is 0. The fourth-order valence-corrected chi connectivity index (χ4v) is 4.36. The SMILES string of the molecule is COc1ccc2c(c1)-c1nnc(COCc3cccc(F)c3)n1Cc1c(-c3noc(C(C)C)n3)ncn1-2. The van der Waals surface area contributed by atoms with Gasteiger partial charge in [0.25, 0.3) is 0 Å². The Morgan fingerprint density at radius 1 is 1.11 bits per heavy atom. The van der Waals surface area contributed by atoms with E-state index in [0.29, 0.717) is 41.4 Å². The first kappa shape index (κ1) is 23.0. The highest BCUT2D eigenvalue weighted by molar-refractivity contribution is 5.72. The lowest BCUT2D eigenvalue weighted by Crippen LogP contribution is -2.10. The van der Waals surface area contributed by atoms with Gasteiger partial charge in [-0.15, -0.1) is 10.2 Å². The van der Waals surface area contributed by atoms with Crippen LogP contribution in [0, 0.1) is 5.82 Å². The summed E-state index contributed by atoms with van der Waals surface area (Å²) in [5.74, 6) is 2.76. The maximum Gasteiger partial charge on any atom is 0.229 e. The fourth-order valence-electron chi connectivity index (χ4n) is 4.36. The van der Waals surface area contributed by atoms with Gasteiger partial charge in [0.05, 0.1) is 31.6 Å². The van der Waals surface area contributed by atoms with E-state index in [1.165, 1.54) is 12.1 Å². The number of imidazole rings is 1. The second-order valence-electron chi connectivity index (χ2n) is 9.05. The molecule has 3 aromatic heterocycles. The molecule has 37 heavy (non-hydrogen) atoms. The molecule has 10 nitrogen and oxygen atoms in total. The Morgan fingerprint density at radius 2 is 2.00 bits per heavy atom. The number of halogens is 1. The van der Waals surface area contributed by atoms with Crippen LogP contribution in [0.1, 0.15) is 42.7 Å². The summed E-state index contributed by atoms with van der Waals surface area (Å²) in [5, 5.41) is 13.1. The molecule has 6 rings (SSSR count). The molecule has 188 valence electrons. The summed E-state index contributed by atoms with van der Waals surface area (Å²) in [7, 11) is 1.62. The average Bonchev–Trinajstić information content (AvgIpc) is 3.62. The van der Waals surface area contributed by atoms with E-state index in [2.05, 4.69) is 25.3 Å². The minimum absolute atomic E-state index is 0.0990. The van der Waals surface area contributed by atoms with Crippen molar-refractivity contribution in [2.75, 3.05) is 7.11 Å². The Labute approximate surface area is 211 Å². The summed E-state index contributed by atoms with van der Waals surface area (Å²) >= 11 is 0. The zero-order valence-electron chi connectivity index (χ0n) is 20.6. The molecule has 2 aromatic carbocycles. The molecule has 0 saturated carbocycles. The lowest BCUT2D eigenvalue weighted by molar-refractivity contribution is 0.0992. The van der Waals surface area contributed by atoms with Crippen LogP contribution in [0.25, 0.3) is 28.6 Å². The van der Waals surface area contributed by atoms with Gasteiger partial charge in [-0.05, 0) is 35.9 Å². The van der Waals surface area contributed by atoms with Crippen molar-refractivity contribution in [3.63, 3.8) is 0 Å². The van der Waals surface area contributed by atoms with Gasteiger partial charge in [0, 0.05) is 11.5 Å². The van der Waals surface area contributed by atoms with Crippen LogP contribution >= 0.6 is 0 Å². The largest absolute Gasteiger partial charge is 0.497 e. The van der Waals surface area contributed by atoms with Crippen LogP contribution in [0.5, 0.6) is 5.75 Å². The second kappa shape index (κ2) is 9.25. The zero-order chi connectivity index (χ0) is 25.5. The van der Waals surface area contributed by atoms with Gasteiger partial charge in [0.15, 0.2) is 11.6 Å². The zero-order valence-corrected chi connectivity index (χ0v) is 20.6. The Hall–Kier alpha value is -4.38. The van der Waals surface area contributed by atoms with E-state index < -0.39 is 0 Å². The first-order valence-electron chi connectivity index (χ1n) is 11.8. The van der Waals surface area contributed by atoms with Crippen LogP contribution < -0.4 is 4.74 Å². The normalized spacial score (nSPS) is 12.2. The number of fused-ring (bicyclic) bond motifs is 5. The molecule has 1 aliphatic heterocycles. The standard InChI is InChI=1S/C26H24FN7O3/c1-15(2)26-29-24(32-37-26)23-21-11-33-22(13-36-12-16-5-4-6-17(27)9-16)30-31-25(33)19-10-18(35-3)7-8-20(19)34(21)14-28-23/h4-10,14-15H,11-13H2,1-3H3. The molecule has 0 unspecified atom stereocenters. The molecule has 0 saturated heterocycles. The van der Waals surface area contributed by atoms with Crippen LogP contribution in [-0.4, -0.2) is 41.6 Å². The highest BCUT2D eigenvalue weighted by Gasteiger charge is 2.28. The lowest BCUT2D eigenvalue weighted by Gasteiger charge is -2.10. The summed E-state index contributed by atoms with van der Waals surface area (Å²) in [6.45, 7) is 4.82. The molecular weight excluding hydrogens is 477 g/mol. The third kappa shape index (κ3) is 4.16. The number of nitrogens with zero attached hydrogens (tertiary/aromatic N) is 7. The van der Waals surface area contributed by atoms with E-state index in [1.807, 2.05) is 47.2 Å². The lowest BCUT2D eigenvalue weighted by atomic mass is 10.1. The van der Waals surface area contributed by atoms with Gasteiger partial charge >= 0.3 is 0 Å². The minimum atomic E-state index is -0.300. The Morgan fingerprint density at radius 3 is 2.78 bits per heavy atom. The van der Waals surface area contributed by atoms with Crippen LogP contribution in [0.3, 0.4) is 0 Å². The molecule has 0 amide bonds. The van der Waals surface area contributed by atoms with Crippen molar-refractivity contribution >= 4 is 0 Å². The smallest absolute Gasteiger partial charge is 0.229 e. The summed E-state index contributed by atoms with van der Waals surface area (Å²) in [6, 6.07) is 12.1. The molecular formula is C26H24FN7O3. The quantitative estimate of drug-likeness (QED) is 0.314. The van der Waals surface area contributed by atoms with Crippen molar-refractivity contribution in [2.24, 2.45) is 0 Å². The van der Waals surface area contributed by atoms with Crippen molar-refractivity contribution in [3.05, 3.63) is 77.6 Å². The van der Waals surface area contributed by atoms with Gasteiger partial charge < -0.3 is 18.6 Å². The van der Waals surface area contributed by atoms with Gasteiger partial charge in [-0.3, -0.25) is 4.57 Å². The van der Waals surface area contributed by atoms with Crippen molar-refractivity contribution in [1.29, 1.82) is 0 Å². The van der Waals surface area contributed by atoms with Gasteiger partial charge in [0.1, 0.15) is 30.2 Å². The van der Waals surface area contributed by atoms with E-state index >= 15 is 0 Å². The van der Waals surface area contributed by atoms with Crippen molar-refractivity contribution in [2.45, 2.75) is 39.5 Å². The van der Waals surface area contributed by atoms with Crippen LogP contribution in [0.2, 0.25) is 0 Å². The van der Waals surface area contributed by atoms with Crippen molar-refractivity contribution in [3.8, 4) is 34.3 Å². The predicted molar refractivity (Wildman–Crippen MR) is 131 cm³/mol. The summed E-state index contributed by atoms with van der Waals surface area (Å²) in [4.78, 5) is 9.21. The van der Waals surface area contributed by atoms with E-state index in [-0.39, 0.29) is 24.9 Å². The Bertz CT molecular complexity index is 1590. The number of hydrogen-bond acceptors (Lipinski definition) is 8. The van der Waals surface area contributed by atoms with Crippen molar-refractivity contribution < 1.29 is 18.4 Å². The first-order valence-corrected chi connectivity index (χ1v) is 11.8. The minimum Gasteiger partial charge on any atom is -0.497 e. The average molecular weight is 502 g/mol. The molecule has 0 spiro atoms. The number of methoxy groups -OCH3 is 1. The number of benzene rings is 2. The van der Waals surface area contributed by atoms with Crippen LogP contribution in [0.15, 0.2) is 53.3 Å². The fraction of sp³-hybridized carbons (Fsp3) is 0.269. The van der Waals surface area contributed by atoms with E-state index in [4.69, 9.17) is 14.0 Å². The number of ether oxygens (including phenoxy) is 2. The molecule has 0 atom stereocenters. The Kier molecular flexibility index (Phi) is 5.76. The first-order chi connectivity index (χ1) is 18.0. The summed E-state index contributed by atoms with van der Waals surface area (Å²) in [6.07, 6.45) is 1.75. The second-order valence-corrected chi connectivity index (χ2v) is 9.05. The monoisotopic (exact) mass is 501 g/mol. The topological polar surface area (TPSA) is 106 Å². The van der Waals surface area contributed by atoms with Gasteiger partial charge in [-0.25, -0.2) is 9.37 Å². The van der Waals surface area contributed by atoms with E-state index in [0.717, 1.165) is 22.5 Å². The molecule has 5 aromatic rings. The van der Waals surface area contributed by atoms with Gasteiger partial charge in [-0.1, -0.05) is 31.1 Å². The highest BCUT2D eigenvalue weighted by atomic mass is 19.1. The predicted octanol–water partition coefficient (Wildman–Crippen LogP) is 4.53. The third-order valence-corrected chi connectivity index (χ3v) is 6.24. The number of rotatable bonds is 7. The molecule has 0 N–H and O–H groups in total. The number of aromatic nitrogens is 7. The van der Waals surface area contributed by atoms with Gasteiger partial charge in [0.2, 0.25) is 11.7 Å². The van der Waals surface area contributed by atoms with Gasteiger partial charge in [-0.2, -0.15) is 4.98 Å². The maximum absolute atomic E-state index is 13.6. The Balaban J connectivity index is 1.40. The summed E-state index contributed by atoms with van der Waals surface area (Å²) < 4.78 is 34.4. The van der Waals surface area contributed by atoms with Crippen LogP contribution in [-0.2, 0) is 24.5 Å². The molecule has 0 aliphatic carbocycles. The van der Waals surface area contributed by atoms with E-state index in [1.54, 1.807) is 19.5 Å². The van der Waals surface area contributed by atoms with Crippen molar-refractivity contribution in [1.82, 2.24) is 34.5 Å².